The predicted octanol–water partition coefficient (Wildman–Crippen LogP) is 2.90. The monoisotopic (exact) mass is 309 g/mol. The quantitative estimate of drug-likeness (QED) is 0.946. The highest BCUT2D eigenvalue weighted by molar-refractivity contribution is 5.90. The summed E-state index contributed by atoms with van der Waals surface area (Å²) in [4.78, 5) is 7.10. The molecule has 2 saturated heterocycles. The lowest BCUT2D eigenvalue weighted by atomic mass is 10.1. The highest BCUT2D eigenvalue weighted by atomic mass is 16.5. The van der Waals surface area contributed by atoms with E-state index in [-0.39, 0.29) is 0 Å². The first-order valence-electron chi connectivity index (χ1n) is 8.83. The van der Waals surface area contributed by atoms with E-state index in [9.17, 15) is 0 Å². The van der Waals surface area contributed by atoms with Crippen molar-refractivity contribution in [2.24, 2.45) is 5.92 Å². The number of fused-ring (bicyclic) bond motifs is 2. The minimum absolute atomic E-state index is 0.492. The highest BCUT2D eigenvalue weighted by Crippen LogP contribution is 2.38. The van der Waals surface area contributed by atoms with Crippen molar-refractivity contribution in [1.29, 1.82) is 0 Å². The van der Waals surface area contributed by atoms with Gasteiger partial charge < -0.3 is 10.1 Å². The molecule has 4 nitrogen and oxygen atoms in total. The zero-order chi connectivity index (χ0) is 15.2. The van der Waals surface area contributed by atoms with Crippen LogP contribution in [0.4, 0.5) is 5.69 Å². The van der Waals surface area contributed by atoms with Gasteiger partial charge >= 0.3 is 0 Å². The van der Waals surface area contributed by atoms with Crippen molar-refractivity contribution in [2.45, 2.75) is 37.5 Å². The third-order valence-corrected chi connectivity index (χ3v) is 5.60. The number of hydrogen-bond acceptors (Lipinski definition) is 4. The topological polar surface area (TPSA) is 37.4 Å². The predicted molar refractivity (Wildman–Crippen MR) is 91.6 cm³/mol. The van der Waals surface area contributed by atoms with Crippen LogP contribution in [0, 0.1) is 5.92 Å². The van der Waals surface area contributed by atoms with Crippen LogP contribution in [0.3, 0.4) is 0 Å². The molecule has 2 aliphatic heterocycles. The van der Waals surface area contributed by atoms with Gasteiger partial charge in [0.25, 0.3) is 0 Å². The van der Waals surface area contributed by atoms with Crippen molar-refractivity contribution in [3.05, 3.63) is 36.5 Å². The second-order valence-corrected chi connectivity index (χ2v) is 7.27. The molecule has 3 aliphatic rings. The van der Waals surface area contributed by atoms with Gasteiger partial charge in [0.2, 0.25) is 0 Å². The molecule has 3 atom stereocenters. The summed E-state index contributed by atoms with van der Waals surface area (Å²) in [5.74, 6) is 0.840. The van der Waals surface area contributed by atoms with Crippen LogP contribution in [0.2, 0.25) is 0 Å². The lowest BCUT2D eigenvalue weighted by Gasteiger charge is -2.35. The van der Waals surface area contributed by atoms with Gasteiger partial charge in [0.15, 0.2) is 0 Å². The average Bonchev–Trinajstić information content (AvgIpc) is 3.35. The third kappa shape index (κ3) is 2.60. The molecule has 23 heavy (non-hydrogen) atoms. The Bertz CT molecular complexity index is 709. The Morgan fingerprint density at radius 2 is 2.04 bits per heavy atom. The fourth-order valence-electron chi connectivity index (χ4n) is 4.20. The molecule has 2 aromatic rings. The Hall–Kier alpha value is -1.65. The molecule has 1 N–H and O–H groups in total. The summed E-state index contributed by atoms with van der Waals surface area (Å²) in [5, 5.41) is 4.98. The molecule has 0 unspecified atom stereocenters. The molecule has 0 spiro atoms. The zero-order valence-electron chi connectivity index (χ0n) is 13.3. The maximum absolute atomic E-state index is 6.11. The number of morpholine rings is 1. The Morgan fingerprint density at radius 3 is 2.96 bits per heavy atom. The van der Waals surface area contributed by atoms with Crippen molar-refractivity contribution >= 4 is 16.6 Å². The van der Waals surface area contributed by atoms with Crippen LogP contribution in [0.15, 0.2) is 36.5 Å². The van der Waals surface area contributed by atoms with Crippen LogP contribution >= 0.6 is 0 Å². The van der Waals surface area contributed by atoms with Crippen molar-refractivity contribution in [3.8, 4) is 0 Å². The molecule has 3 fully saturated rings. The molecule has 1 saturated carbocycles. The Morgan fingerprint density at radius 1 is 1.13 bits per heavy atom. The van der Waals surface area contributed by atoms with E-state index in [0.717, 1.165) is 31.1 Å². The summed E-state index contributed by atoms with van der Waals surface area (Å²) >= 11 is 0. The molecule has 3 heterocycles. The van der Waals surface area contributed by atoms with Crippen LogP contribution in [-0.4, -0.2) is 47.8 Å². The zero-order valence-corrected chi connectivity index (χ0v) is 13.3. The smallest absolute Gasteiger partial charge is 0.0731 e. The lowest BCUT2D eigenvalue weighted by molar-refractivity contribution is -0.0581. The molecule has 0 amide bonds. The van der Waals surface area contributed by atoms with E-state index >= 15 is 0 Å². The minimum Gasteiger partial charge on any atom is -0.380 e. The molecule has 4 heteroatoms. The van der Waals surface area contributed by atoms with Crippen LogP contribution in [-0.2, 0) is 4.74 Å². The van der Waals surface area contributed by atoms with E-state index in [2.05, 4.69) is 39.5 Å². The van der Waals surface area contributed by atoms with E-state index in [1.807, 2.05) is 12.3 Å². The molecule has 1 aliphatic carbocycles. The summed E-state index contributed by atoms with van der Waals surface area (Å²) in [7, 11) is 0. The van der Waals surface area contributed by atoms with E-state index < -0.39 is 0 Å². The number of aromatic nitrogens is 1. The second kappa shape index (κ2) is 5.46. The van der Waals surface area contributed by atoms with Gasteiger partial charge in [-0.2, -0.15) is 0 Å². The molecule has 1 aromatic carbocycles. The van der Waals surface area contributed by atoms with Gasteiger partial charge in [0.1, 0.15) is 0 Å². The molecule has 120 valence electrons. The SMILES string of the molecule is c1ccc2c(N[C@H]3C[C@H]4CO[C@@H](C5CC5)CN4C3)ccnc2c1. The van der Waals surface area contributed by atoms with Gasteiger partial charge in [-0.15, -0.1) is 0 Å². The number of para-hydroxylation sites is 1. The van der Waals surface area contributed by atoms with E-state index in [4.69, 9.17) is 4.74 Å². The third-order valence-electron chi connectivity index (χ3n) is 5.60. The summed E-state index contributed by atoms with van der Waals surface area (Å²) in [6.45, 7) is 3.18. The maximum Gasteiger partial charge on any atom is 0.0731 e. The van der Waals surface area contributed by atoms with Crippen LogP contribution < -0.4 is 5.32 Å². The molecule has 1 aromatic heterocycles. The van der Waals surface area contributed by atoms with E-state index in [1.54, 1.807) is 0 Å². The van der Waals surface area contributed by atoms with Crippen molar-refractivity contribution < 1.29 is 4.74 Å². The summed E-state index contributed by atoms with van der Waals surface area (Å²) in [6.07, 6.45) is 6.31. The fraction of sp³-hybridized carbons (Fsp3) is 0.526. The summed E-state index contributed by atoms with van der Waals surface area (Å²) in [6, 6.07) is 11.6. The average molecular weight is 309 g/mol. The number of pyridine rings is 1. The van der Waals surface area contributed by atoms with Gasteiger partial charge in [-0.25, -0.2) is 0 Å². The maximum atomic E-state index is 6.11. The number of rotatable bonds is 3. The Labute approximate surface area is 136 Å². The first kappa shape index (κ1) is 13.8. The normalized spacial score (nSPS) is 31.2. The number of anilines is 1. The fourth-order valence-corrected chi connectivity index (χ4v) is 4.20. The number of nitrogens with zero attached hydrogens (tertiary/aromatic N) is 2. The number of nitrogens with one attached hydrogen (secondary N) is 1. The number of benzene rings is 1. The van der Waals surface area contributed by atoms with Crippen molar-refractivity contribution in [3.63, 3.8) is 0 Å². The second-order valence-electron chi connectivity index (χ2n) is 7.27. The molecular formula is C19H23N3O. The Balaban J connectivity index is 1.31. The van der Waals surface area contributed by atoms with Gasteiger partial charge in [0, 0.05) is 42.4 Å². The minimum atomic E-state index is 0.492. The van der Waals surface area contributed by atoms with Gasteiger partial charge in [-0.05, 0) is 37.3 Å². The highest BCUT2D eigenvalue weighted by Gasteiger charge is 2.42. The molecule has 5 rings (SSSR count). The van der Waals surface area contributed by atoms with Gasteiger partial charge in [-0.3, -0.25) is 9.88 Å². The summed E-state index contributed by atoms with van der Waals surface area (Å²) in [5.41, 5.74) is 2.27. The van der Waals surface area contributed by atoms with E-state index in [0.29, 0.717) is 18.2 Å². The van der Waals surface area contributed by atoms with Gasteiger partial charge in [-0.1, -0.05) is 18.2 Å². The lowest BCUT2D eigenvalue weighted by Crippen LogP contribution is -2.47. The van der Waals surface area contributed by atoms with E-state index in [1.165, 1.54) is 30.3 Å². The van der Waals surface area contributed by atoms with Crippen molar-refractivity contribution in [1.82, 2.24) is 9.88 Å². The molecule has 0 radical (unpaired) electrons. The van der Waals surface area contributed by atoms with Crippen LogP contribution in [0.5, 0.6) is 0 Å². The largest absolute Gasteiger partial charge is 0.380 e. The first-order valence-corrected chi connectivity index (χ1v) is 8.83. The summed E-state index contributed by atoms with van der Waals surface area (Å²) < 4.78 is 6.11. The van der Waals surface area contributed by atoms with Crippen LogP contribution in [0.25, 0.3) is 10.9 Å². The van der Waals surface area contributed by atoms with Crippen molar-refractivity contribution in [2.75, 3.05) is 25.0 Å². The first-order chi connectivity index (χ1) is 11.4. The van der Waals surface area contributed by atoms with Crippen LogP contribution in [0.1, 0.15) is 19.3 Å². The molecular weight excluding hydrogens is 286 g/mol. The number of ether oxygens (including phenoxy) is 1. The molecule has 0 bridgehead atoms. The standard InChI is InChI=1S/C19H23N3O/c1-2-4-17-16(3-1)18(7-8-20-17)21-14-9-15-12-23-19(13-5-6-13)11-22(15)10-14/h1-4,7-8,13-15,19H,5-6,9-12H2,(H,20,21)/t14-,15-,19+/m0/s1. The van der Waals surface area contributed by atoms with Gasteiger partial charge in [0.05, 0.1) is 18.2 Å². The number of hydrogen-bond donors (Lipinski definition) is 1. The Kier molecular flexibility index (Phi) is 3.27.